The Kier molecular flexibility index (Phi) is 5.39. The minimum Gasteiger partial charge on any atom is -0.352 e. The Balaban J connectivity index is 2.68. The van der Waals surface area contributed by atoms with Crippen LogP contribution in [0.15, 0.2) is 24.3 Å². The fourth-order valence-electron chi connectivity index (χ4n) is 2.71. The van der Waals surface area contributed by atoms with Crippen LogP contribution in [0.1, 0.15) is 45.7 Å². The Morgan fingerprint density at radius 1 is 1.25 bits per heavy atom. The lowest BCUT2D eigenvalue weighted by Gasteiger charge is -2.32. The van der Waals surface area contributed by atoms with Gasteiger partial charge in [-0.15, -0.1) is 6.42 Å². The molecule has 0 fully saturated rings. The average molecular weight is 271 g/mol. The Labute approximate surface area is 123 Å². The summed E-state index contributed by atoms with van der Waals surface area (Å²) in [5.41, 5.74) is 1.88. The van der Waals surface area contributed by atoms with Gasteiger partial charge in [-0.25, -0.2) is 0 Å². The normalized spacial score (nSPS) is 12.8. The number of nitrogens with one attached hydrogen (secondary N) is 1. The van der Waals surface area contributed by atoms with E-state index in [1.165, 1.54) is 0 Å². The third kappa shape index (κ3) is 4.42. The van der Waals surface area contributed by atoms with E-state index in [-0.39, 0.29) is 17.2 Å². The fourth-order valence-corrected chi connectivity index (χ4v) is 2.71. The Morgan fingerprint density at radius 2 is 1.80 bits per heavy atom. The molecule has 1 aromatic rings. The highest BCUT2D eigenvalue weighted by Crippen LogP contribution is 2.32. The molecule has 0 heterocycles. The van der Waals surface area contributed by atoms with Gasteiger partial charge in [0.1, 0.15) is 0 Å². The number of rotatable bonds is 4. The molecule has 108 valence electrons. The van der Waals surface area contributed by atoms with Gasteiger partial charge in [0, 0.05) is 18.0 Å². The first-order valence-corrected chi connectivity index (χ1v) is 7.09. The summed E-state index contributed by atoms with van der Waals surface area (Å²) < 4.78 is 0. The number of carbonyl (C=O) groups is 1. The predicted octanol–water partition coefficient (Wildman–Crippen LogP) is 3.60. The van der Waals surface area contributed by atoms with Crippen LogP contribution < -0.4 is 5.32 Å². The zero-order chi connectivity index (χ0) is 15.3. The highest BCUT2D eigenvalue weighted by Gasteiger charge is 2.33. The maximum absolute atomic E-state index is 12.4. The van der Waals surface area contributed by atoms with Crippen molar-refractivity contribution in [3.05, 3.63) is 35.4 Å². The minimum absolute atomic E-state index is 0.00693. The molecule has 0 radical (unpaired) electrons. The summed E-state index contributed by atoms with van der Waals surface area (Å²) in [4.78, 5) is 12.4. The molecule has 1 aromatic carbocycles. The van der Waals surface area contributed by atoms with Crippen molar-refractivity contribution in [1.29, 1.82) is 0 Å². The molecule has 0 aliphatic rings. The molecule has 2 nitrogen and oxygen atoms in total. The zero-order valence-corrected chi connectivity index (χ0v) is 13.2. The van der Waals surface area contributed by atoms with Crippen LogP contribution in [0.5, 0.6) is 0 Å². The van der Waals surface area contributed by atoms with Crippen LogP contribution in [0.25, 0.3) is 0 Å². The van der Waals surface area contributed by atoms with E-state index in [0.29, 0.717) is 12.5 Å². The number of carbonyl (C=O) groups excluding carboxylic acids is 1. The van der Waals surface area contributed by atoms with Gasteiger partial charge in [0.15, 0.2) is 0 Å². The third-order valence-corrected chi connectivity index (χ3v) is 3.47. The van der Waals surface area contributed by atoms with Crippen LogP contribution in [0.3, 0.4) is 0 Å². The van der Waals surface area contributed by atoms with E-state index in [0.717, 1.165) is 11.1 Å². The number of hydrogen-bond acceptors (Lipinski definition) is 1. The van der Waals surface area contributed by atoms with Gasteiger partial charge in [0.2, 0.25) is 5.91 Å². The largest absolute Gasteiger partial charge is 0.352 e. The lowest BCUT2D eigenvalue weighted by atomic mass is 9.74. The quantitative estimate of drug-likeness (QED) is 0.833. The Hall–Kier alpha value is -1.75. The number of terminal acetylenes is 1. The van der Waals surface area contributed by atoms with Crippen molar-refractivity contribution in [1.82, 2.24) is 5.32 Å². The lowest BCUT2D eigenvalue weighted by Crippen LogP contribution is -2.40. The first kappa shape index (κ1) is 16.3. The highest BCUT2D eigenvalue weighted by atomic mass is 16.1. The van der Waals surface area contributed by atoms with Crippen molar-refractivity contribution >= 4 is 5.91 Å². The van der Waals surface area contributed by atoms with Crippen molar-refractivity contribution in [3.8, 4) is 12.3 Å². The monoisotopic (exact) mass is 271 g/mol. The highest BCUT2D eigenvalue weighted by molar-refractivity contribution is 5.79. The fraction of sp³-hybridized carbons (Fsp3) is 0.500. The van der Waals surface area contributed by atoms with E-state index in [9.17, 15) is 4.79 Å². The molecule has 0 bridgehead atoms. The number of hydrogen-bond donors (Lipinski definition) is 1. The second-order valence-electron chi connectivity index (χ2n) is 6.65. The van der Waals surface area contributed by atoms with Gasteiger partial charge >= 0.3 is 0 Å². The van der Waals surface area contributed by atoms with E-state index in [2.05, 4.69) is 45.9 Å². The maximum Gasteiger partial charge on any atom is 0.224 e. The van der Waals surface area contributed by atoms with Crippen LogP contribution in [0, 0.1) is 29.6 Å². The molecule has 0 spiro atoms. The van der Waals surface area contributed by atoms with Crippen molar-refractivity contribution in [2.24, 2.45) is 17.3 Å². The van der Waals surface area contributed by atoms with E-state index in [4.69, 9.17) is 6.42 Å². The van der Waals surface area contributed by atoms with Crippen molar-refractivity contribution in [2.45, 2.75) is 41.2 Å². The van der Waals surface area contributed by atoms with Gasteiger partial charge in [0.05, 0.1) is 0 Å². The van der Waals surface area contributed by atoms with E-state index >= 15 is 0 Å². The summed E-state index contributed by atoms with van der Waals surface area (Å²) in [6.45, 7) is 11.1. The second kappa shape index (κ2) is 6.61. The van der Waals surface area contributed by atoms with Gasteiger partial charge in [0.25, 0.3) is 0 Å². The van der Waals surface area contributed by atoms with Crippen LogP contribution in [-0.4, -0.2) is 5.91 Å². The van der Waals surface area contributed by atoms with Crippen LogP contribution in [0.2, 0.25) is 0 Å². The molecule has 1 rings (SSSR count). The van der Waals surface area contributed by atoms with Gasteiger partial charge in [-0.05, 0) is 29.0 Å². The van der Waals surface area contributed by atoms with Gasteiger partial charge in [-0.3, -0.25) is 4.79 Å². The molecular weight excluding hydrogens is 246 g/mol. The standard InChI is InChI=1S/C18H25NO/c1-7-14-8-10-15(11-9-14)12-19-17(20)16(13(2)3)18(4,5)6/h1,8-11,13,16H,12H2,2-6H3,(H,19,20). The molecule has 0 saturated carbocycles. The van der Waals surface area contributed by atoms with Gasteiger partial charge < -0.3 is 5.32 Å². The molecule has 1 N–H and O–H groups in total. The SMILES string of the molecule is C#Cc1ccc(CNC(=O)C(C(C)C)C(C)(C)C)cc1. The van der Waals surface area contributed by atoms with Crippen molar-refractivity contribution in [2.75, 3.05) is 0 Å². The van der Waals surface area contributed by atoms with Crippen molar-refractivity contribution in [3.63, 3.8) is 0 Å². The minimum atomic E-state index is -0.0361. The third-order valence-electron chi connectivity index (χ3n) is 3.47. The van der Waals surface area contributed by atoms with Crippen LogP contribution in [0.4, 0.5) is 0 Å². The maximum atomic E-state index is 12.4. The van der Waals surface area contributed by atoms with Gasteiger partial charge in [-0.2, -0.15) is 0 Å². The molecule has 0 saturated heterocycles. The van der Waals surface area contributed by atoms with Crippen LogP contribution >= 0.6 is 0 Å². The number of amides is 1. The summed E-state index contributed by atoms with van der Waals surface area (Å²) in [5.74, 6) is 3.03. The summed E-state index contributed by atoms with van der Waals surface area (Å²) in [5, 5.41) is 3.03. The van der Waals surface area contributed by atoms with Crippen molar-refractivity contribution < 1.29 is 4.79 Å². The average Bonchev–Trinajstić information content (AvgIpc) is 2.34. The first-order chi connectivity index (χ1) is 9.25. The topological polar surface area (TPSA) is 29.1 Å². The number of benzene rings is 1. The summed E-state index contributed by atoms with van der Waals surface area (Å²) in [6, 6.07) is 7.70. The molecule has 20 heavy (non-hydrogen) atoms. The molecule has 0 aromatic heterocycles. The Bertz CT molecular complexity index is 486. The molecular formula is C18H25NO. The van der Waals surface area contributed by atoms with E-state index in [1.807, 2.05) is 24.3 Å². The molecule has 2 heteroatoms. The zero-order valence-electron chi connectivity index (χ0n) is 13.2. The first-order valence-electron chi connectivity index (χ1n) is 7.09. The Morgan fingerprint density at radius 3 is 2.20 bits per heavy atom. The lowest BCUT2D eigenvalue weighted by molar-refractivity contribution is -0.130. The van der Waals surface area contributed by atoms with Crippen LogP contribution in [-0.2, 0) is 11.3 Å². The summed E-state index contributed by atoms with van der Waals surface area (Å²) in [6.07, 6.45) is 5.32. The predicted molar refractivity (Wildman–Crippen MR) is 84.0 cm³/mol. The molecule has 0 aliphatic heterocycles. The molecule has 0 aliphatic carbocycles. The summed E-state index contributed by atoms with van der Waals surface area (Å²) in [7, 11) is 0. The smallest absolute Gasteiger partial charge is 0.224 e. The molecule has 1 unspecified atom stereocenters. The summed E-state index contributed by atoms with van der Waals surface area (Å²) >= 11 is 0. The molecule has 1 atom stereocenters. The second-order valence-corrected chi connectivity index (χ2v) is 6.65. The van der Waals surface area contributed by atoms with E-state index < -0.39 is 0 Å². The molecule has 1 amide bonds. The van der Waals surface area contributed by atoms with E-state index in [1.54, 1.807) is 0 Å². The van der Waals surface area contributed by atoms with Gasteiger partial charge in [-0.1, -0.05) is 52.7 Å².